The predicted octanol–water partition coefficient (Wildman–Crippen LogP) is 1.45. The molecule has 2 aliphatic rings. The lowest BCUT2D eigenvalue weighted by Crippen LogP contribution is -2.43. The zero-order chi connectivity index (χ0) is 16.4. The van der Waals surface area contributed by atoms with E-state index < -0.39 is 9.84 Å². The number of piperidine rings is 1. The van der Waals surface area contributed by atoms with Gasteiger partial charge in [-0.05, 0) is 49.4 Å². The van der Waals surface area contributed by atoms with E-state index in [1.807, 2.05) is 12.1 Å². The Hall–Kier alpha value is -0.980. The summed E-state index contributed by atoms with van der Waals surface area (Å²) in [6.45, 7) is 2.77. The Balaban J connectivity index is 1.55. The topological polar surface area (TPSA) is 63.4 Å². The maximum absolute atomic E-state index is 13.0. The summed E-state index contributed by atoms with van der Waals surface area (Å²) < 4.78 is 36.4. The highest BCUT2D eigenvalue weighted by Crippen LogP contribution is 2.24. The van der Waals surface area contributed by atoms with Crippen molar-refractivity contribution in [2.75, 3.05) is 31.1 Å². The van der Waals surface area contributed by atoms with Crippen LogP contribution in [0.4, 0.5) is 4.39 Å². The highest BCUT2D eigenvalue weighted by molar-refractivity contribution is 7.91. The first kappa shape index (κ1) is 16.9. The van der Waals surface area contributed by atoms with E-state index in [9.17, 15) is 12.8 Å². The summed E-state index contributed by atoms with van der Waals surface area (Å²) in [7, 11) is -2.95. The van der Waals surface area contributed by atoms with Crippen molar-refractivity contribution in [2.45, 2.75) is 25.3 Å². The van der Waals surface area contributed by atoms with Gasteiger partial charge >= 0.3 is 0 Å². The Bertz CT molecular complexity index is 632. The smallest absolute Gasteiger partial charge is 0.152 e. The molecule has 2 aliphatic heterocycles. The van der Waals surface area contributed by atoms with E-state index in [0.717, 1.165) is 32.5 Å². The highest BCUT2D eigenvalue weighted by Gasteiger charge is 2.36. The van der Waals surface area contributed by atoms with E-state index in [0.29, 0.717) is 5.92 Å². The van der Waals surface area contributed by atoms with E-state index in [4.69, 9.17) is 5.73 Å². The minimum absolute atomic E-state index is 0.0598. The summed E-state index contributed by atoms with van der Waals surface area (Å²) in [5.74, 6) is 0.765. The van der Waals surface area contributed by atoms with Gasteiger partial charge in [0.15, 0.2) is 9.84 Å². The minimum atomic E-state index is -2.95. The number of nitrogens with two attached hydrogens (primary N) is 1. The van der Waals surface area contributed by atoms with Crippen LogP contribution in [0, 0.1) is 17.7 Å². The first-order valence-corrected chi connectivity index (χ1v) is 10.2. The number of nitrogens with zero attached hydrogens (tertiary/aromatic N) is 1. The molecule has 2 N–H and O–H groups in total. The van der Waals surface area contributed by atoms with Crippen molar-refractivity contribution < 1.29 is 12.8 Å². The molecule has 128 valence electrons. The second kappa shape index (κ2) is 6.87. The molecule has 0 aliphatic carbocycles. The first-order valence-electron chi connectivity index (χ1n) is 8.34. The number of likely N-dealkylation sites (tertiary alicyclic amines) is 1. The average molecular weight is 340 g/mol. The van der Waals surface area contributed by atoms with Crippen molar-refractivity contribution in [1.82, 2.24) is 4.90 Å². The van der Waals surface area contributed by atoms with E-state index in [1.165, 1.54) is 24.1 Å². The fourth-order valence-corrected chi connectivity index (χ4v) is 5.90. The van der Waals surface area contributed by atoms with Gasteiger partial charge in [-0.2, -0.15) is 0 Å². The van der Waals surface area contributed by atoms with E-state index >= 15 is 0 Å². The summed E-state index contributed by atoms with van der Waals surface area (Å²) in [6.07, 6.45) is 3.25. The number of benzene rings is 1. The molecule has 0 saturated carbocycles. The van der Waals surface area contributed by atoms with Gasteiger partial charge in [-0.3, -0.25) is 0 Å². The molecule has 0 spiro atoms. The van der Waals surface area contributed by atoms with Crippen LogP contribution in [0.15, 0.2) is 24.3 Å². The Labute approximate surface area is 137 Å². The van der Waals surface area contributed by atoms with Crippen LogP contribution >= 0.6 is 0 Å². The van der Waals surface area contributed by atoms with E-state index in [-0.39, 0.29) is 29.3 Å². The summed E-state index contributed by atoms with van der Waals surface area (Å²) >= 11 is 0. The molecule has 3 atom stereocenters. The number of hydrogen-bond acceptors (Lipinski definition) is 4. The molecule has 2 heterocycles. The number of rotatable bonds is 4. The van der Waals surface area contributed by atoms with Gasteiger partial charge in [-0.1, -0.05) is 12.1 Å². The average Bonchev–Trinajstić information content (AvgIpc) is 2.74. The molecule has 1 aromatic rings. The summed E-state index contributed by atoms with van der Waals surface area (Å²) in [4.78, 5) is 2.36. The molecule has 0 aromatic heterocycles. The van der Waals surface area contributed by atoms with Crippen molar-refractivity contribution in [3.8, 4) is 0 Å². The van der Waals surface area contributed by atoms with Gasteiger partial charge < -0.3 is 10.6 Å². The van der Waals surface area contributed by atoms with Gasteiger partial charge in [-0.25, -0.2) is 12.8 Å². The fourth-order valence-electron chi connectivity index (χ4n) is 3.90. The molecular formula is C17H25FN2O2S. The Kier molecular flexibility index (Phi) is 5.04. The summed E-state index contributed by atoms with van der Waals surface area (Å²) in [5, 5.41) is 0. The third-order valence-corrected chi connectivity index (χ3v) is 6.88. The molecule has 1 aromatic carbocycles. The second-order valence-electron chi connectivity index (χ2n) is 7.10. The van der Waals surface area contributed by atoms with Gasteiger partial charge in [0.25, 0.3) is 0 Å². The van der Waals surface area contributed by atoms with Crippen LogP contribution in [-0.4, -0.2) is 50.5 Å². The van der Waals surface area contributed by atoms with E-state index in [1.54, 1.807) is 0 Å². The van der Waals surface area contributed by atoms with Crippen LogP contribution in [0.25, 0.3) is 0 Å². The lowest BCUT2D eigenvalue weighted by Gasteiger charge is -2.35. The van der Waals surface area contributed by atoms with Gasteiger partial charge in [0.1, 0.15) is 5.82 Å². The Morgan fingerprint density at radius 1 is 1.22 bits per heavy atom. The molecule has 0 unspecified atom stereocenters. The Morgan fingerprint density at radius 3 is 2.61 bits per heavy atom. The molecule has 23 heavy (non-hydrogen) atoms. The van der Waals surface area contributed by atoms with Crippen LogP contribution in [0.2, 0.25) is 0 Å². The van der Waals surface area contributed by atoms with Crippen LogP contribution in [0.5, 0.6) is 0 Å². The number of hydrogen-bond donors (Lipinski definition) is 1. The zero-order valence-corrected chi connectivity index (χ0v) is 14.1. The molecule has 0 radical (unpaired) electrons. The van der Waals surface area contributed by atoms with Gasteiger partial charge in [0.2, 0.25) is 0 Å². The zero-order valence-electron chi connectivity index (χ0n) is 13.3. The third kappa shape index (κ3) is 4.52. The van der Waals surface area contributed by atoms with Crippen molar-refractivity contribution >= 4 is 9.84 Å². The predicted molar refractivity (Wildman–Crippen MR) is 89.4 cm³/mol. The van der Waals surface area contributed by atoms with Crippen LogP contribution < -0.4 is 5.73 Å². The molecule has 0 amide bonds. The van der Waals surface area contributed by atoms with Crippen LogP contribution in [0.3, 0.4) is 0 Å². The standard InChI is InChI=1S/C17H25FN2O2S/c18-16-5-3-13(4-6-16)8-14-2-1-7-20(9-14)10-15-11-23(21,22)12-17(15)19/h3-6,14-15,17H,1-2,7-12,19H2/t14-,15-,17+/m0/s1. The first-order chi connectivity index (χ1) is 10.9. The monoisotopic (exact) mass is 340 g/mol. The lowest BCUT2D eigenvalue weighted by molar-refractivity contribution is 0.152. The second-order valence-corrected chi connectivity index (χ2v) is 9.25. The number of halogens is 1. The van der Waals surface area contributed by atoms with Crippen molar-refractivity contribution in [3.05, 3.63) is 35.6 Å². The third-order valence-electron chi connectivity index (χ3n) is 5.05. The molecule has 4 nitrogen and oxygen atoms in total. The largest absolute Gasteiger partial charge is 0.326 e. The molecule has 6 heteroatoms. The highest BCUT2D eigenvalue weighted by atomic mass is 32.2. The van der Waals surface area contributed by atoms with Gasteiger partial charge in [0, 0.05) is 25.0 Å². The number of sulfone groups is 1. The van der Waals surface area contributed by atoms with Gasteiger partial charge in [0.05, 0.1) is 11.5 Å². The normalized spacial score (nSPS) is 31.3. The maximum Gasteiger partial charge on any atom is 0.152 e. The quantitative estimate of drug-likeness (QED) is 0.901. The molecular weight excluding hydrogens is 315 g/mol. The minimum Gasteiger partial charge on any atom is -0.326 e. The summed E-state index contributed by atoms with van der Waals surface area (Å²) in [6, 6.07) is 6.51. The Morgan fingerprint density at radius 2 is 1.96 bits per heavy atom. The lowest BCUT2D eigenvalue weighted by atomic mass is 9.90. The van der Waals surface area contributed by atoms with E-state index in [2.05, 4.69) is 4.90 Å². The summed E-state index contributed by atoms with van der Waals surface area (Å²) in [5.41, 5.74) is 7.17. The van der Waals surface area contributed by atoms with Crippen LogP contribution in [0.1, 0.15) is 18.4 Å². The van der Waals surface area contributed by atoms with Crippen molar-refractivity contribution in [2.24, 2.45) is 17.6 Å². The molecule has 0 bridgehead atoms. The molecule has 2 fully saturated rings. The van der Waals surface area contributed by atoms with Crippen molar-refractivity contribution in [1.29, 1.82) is 0 Å². The van der Waals surface area contributed by atoms with Gasteiger partial charge in [-0.15, -0.1) is 0 Å². The molecule has 2 saturated heterocycles. The van der Waals surface area contributed by atoms with Crippen molar-refractivity contribution in [3.63, 3.8) is 0 Å². The molecule has 3 rings (SSSR count). The van der Waals surface area contributed by atoms with Crippen LogP contribution in [-0.2, 0) is 16.3 Å². The maximum atomic E-state index is 13.0. The fraction of sp³-hybridized carbons (Fsp3) is 0.647. The SMILES string of the molecule is N[C@@H]1CS(=O)(=O)C[C@@H]1CN1CCC[C@@H](Cc2ccc(F)cc2)C1.